The standard InChI is InChI=1S/C19H26O5Si/c1-19(2,3)25(6,7)24-11-12-10-13-14(22-4)8-9-15(23-5)16(13)18(21)17(12)20/h8-10H,11H2,1-7H3. The molecule has 0 atom stereocenters. The van der Waals surface area contributed by atoms with Crippen LogP contribution >= 0.6 is 0 Å². The molecule has 0 heterocycles. The summed E-state index contributed by atoms with van der Waals surface area (Å²) < 4.78 is 16.7. The van der Waals surface area contributed by atoms with E-state index in [9.17, 15) is 9.59 Å². The Kier molecular flexibility index (Phi) is 5.25. The van der Waals surface area contributed by atoms with Crippen molar-refractivity contribution < 1.29 is 23.5 Å². The van der Waals surface area contributed by atoms with Crippen molar-refractivity contribution in [2.24, 2.45) is 0 Å². The molecule has 136 valence electrons. The van der Waals surface area contributed by atoms with E-state index in [-0.39, 0.29) is 17.2 Å². The number of benzene rings is 1. The van der Waals surface area contributed by atoms with E-state index in [0.29, 0.717) is 22.6 Å². The highest BCUT2D eigenvalue weighted by Crippen LogP contribution is 2.39. The van der Waals surface area contributed by atoms with E-state index < -0.39 is 19.9 Å². The molecule has 1 aliphatic carbocycles. The van der Waals surface area contributed by atoms with Crippen LogP contribution in [0.3, 0.4) is 0 Å². The largest absolute Gasteiger partial charge is 0.496 e. The third kappa shape index (κ3) is 3.55. The monoisotopic (exact) mass is 362 g/mol. The van der Waals surface area contributed by atoms with Crippen LogP contribution in [0.2, 0.25) is 18.1 Å². The van der Waals surface area contributed by atoms with Crippen molar-refractivity contribution in [3.8, 4) is 11.5 Å². The topological polar surface area (TPSA) is 61.8 Å². The second-order valence-electron chi connectivity index (χ2n) is 7.64. The fraction of sp³-hybridized carbons (Fsp3) is 0.474. The maximum Gasteiger partial charge on any atom is 0.237 e. The number of hydrogen-bond acceptors (Lipinski definition) is 5. The third-order valence-electron chi connectivity index (χ3n) is 5.05. The van der Waals surface area contributed by atoms with Crippen molar-refractivity contribution in [1.82, 2.24) is 0 Å². The van der Waals surface area contributed by atoms with Crippen LogP contribution in [0.5, 0.6) is 11.5 Å². The number of ketones is 2. The number of carbonyl (C=O) groups is 2. The molecule has 0 spiro atoms. The lowest BCUT2D eigenvalue weighted by Gasteiger charge is -2.36. The Morgan fingerprint density at radius 1 is 0.960 bits per heavy atom. The highest BCUT2D eigenvalue weighted by Gasteiger charge is 2.39. The molecule has 0 N–H and O–H groups in total. The van der Waals surface area contributed by atoms with E-state index in [1.54, 1.807) is 18.2 Å². The van der Waals surface area contributed by atoms with Gasteiger partial charge < -0.3 is 13.9 Å². The quantitative estimate of drug-likeness (QED) is 0.588. The molecule has 0 unspecified atom stereocenters. The fourth-order valence-electron chi connectivity index (χ4n) is 2.39. The molecule has 2 rings (SSSR count). The van der Waals surface area contributed by atoms with Crippen LogP contribution in [-0.2, 0) is 9.22 Å². The molecule has 0 aromatic heterocycles. The highest BCUT2D eigenvalue weighted by atomic mass is 28.4. The van der Waals surface area contributed by atoms with Crippen LogP contribution in [0.4, 0.5) is 0 Å². The molecule has 1 aromatic rings. The second kappa shape index (κ2) is 6.76. The van der Waals surface area contributed by atoms with Crippen molar-refractivity contribution in [3.63, 3.8) is 0 Å². The first-order valence-electron chi connectivity index (χ1n) is 8.22. The summed E-state index contributed by atoms with van der Waals surface area (Å²) in [4.78, 5) is 25.2. The lowest BCUT2D eigenvalue weighted by Crippen LogP contribution is -2.42. The summed E-state index contributed by atoms with van der Waals surface area (Å²) in [6.45, 7) is 10.7. The number of methoxy groups -OCH3 is 2. The highest BCUT2D eigenvalue weighted by molar-refractivity contribution is 6.74. The van der Waals surface area contributed by atoms with Gasteiger partial charge in [0, 0.05) is 11.1 Å². The summed E-state index contributed by atoms with van der Waals surface area (Å²) in [6, 6.07) is 3.36. The average Bonchev–Trinajstić information content (AvgIpc) is 2.54. The van der Waals surface area contributed by atoms with Gasteiger partial charge in [-0.3, -0.25) is 9.59 Å². The minimum atomic E-state index is -2.03. The minimum Gasteiger partial charge on any atom is -0.496 e. The molecule has 5 nitrogen and oxygen atoms in total. The fourth-order valence-corrected chi connectivity index (χ4v) is 3.34. The van der Waals surface area contributed by atoms with Crippen LogP contribution in [0.15, 0.2) is 17.7 Å². The van der Waals surface area contributed by atoms with Crippen molar-refractivity contribution in [2.45, 2.75) is 38.9 Å². The molecular formula is C19H26O5Si. The summed E-state index contributed by atoms with van der Waals surface area (Å²) in [5.41, 5.74) is 1.18. The average molecular weight is 362 g/mol. The number of rotatable bonds is 5. The Labute approximate surface area is 150 Å². The maximum atomic E-state index is 12.6. The van der Waals surface area contributed by atoms with Gasteiger partial charge in [0.25, 0.3) is 0 Å². The number of ether oxygens (including phenoxy) is 2. The Morgan fingerprint density at radius 2 is 1.52 bits per heavy atom. The van der Waals surface area contributed by atoms with Gasteiger partial charge in [-0.15, -0.1) is 0 Å². The maximum absolute atomic E-state index is 12.6. The molecule has 25 heavy (non-hydrogen) atoms. The molecule has 0 fully saturated rings. The number of Topliss-reactive ketones (excluding diaryl/α,β-unsaturated/α-hetero) is 2. The normalized spacial score (nSPS) is 14.9. The summed E-state index contributed by atoms with van der Waals surface area (Å²) in [6.07, 6.45) is 1.69. The first-order chi connectivity index (χ1) is 11.5. The Bertz CT molecular complexity index is 741. The smallest absolute Gasteiger partial charge is 0.237 e. The van der Waals surface area contributed by atoms with Gasteiger partial charge in [0.05, 0.1) is 26.4 Å². The zero-order chi connectivity index (χ0) is 19.0. The zero-order valence-corrected chi connectivity index (χ0v) is 17.0. The van der Waals surface area contributed by atoms with Crippen LogP contribution < -0.4 is 9.47 Å². The Balaban J connectivity index is 2.44. The molecule has 0 saturated carbocycles. The van der Waals surface area contributed by atoms with Gasteiger partial charge in [-0.25, -0.2) is 0 Å². The van der Waals surface area contributed by atoms with E-state index in [1.165, 1.54) is 14.2 Å². The van der Waals surface area contributed by atoms with E-state index in [4.69, 9.17) is 13.9 Å². The van der Waals surface area contributed by atoms with Crippen LogP contribution in [-0.4, -0.2) is 40.7 Å². The first kappa shape index (κ1) is 19.4. The van der Waals surface area contributed by atoms with Crippen molar-refractivity contribution in [3.05, 3.63) is 28.8 Å². The van der Waals surface area contributed by atoms with Gasteiger partial charge in [-0.2, -0.15) is 0 Å². The minimum absolute atomic E-state index is 0.0219. The lowest BCUT2D eigenvalue weighted by molar-refractivity contribution is -0.112. The van der Waals surface area contributed by atoms with Crippen molar-refractivity contribution in [2.75, 3.05) is 20.8 Å². The van der Waals surface area contributed by atoms with Crippen molar-refractivity contribution >= 4 is 26.0 Å². The third-order valence-corrected chi connectivity index (χ3v) is 9.52. The number of carbonyl (C=O) groups excluding carboxylic acids is 2. The van der Waals surface area contributed by atoms with Gasteiger partial charge >= 0.3 is 0 Å². The van der Waals surface area contributed by atoms with E-state index in [1.807, 2.05) is 0 Å². The van der Waals surface area contributed by atoms with Gasteiger partial charge in [0.2, 0.25) is 11.6 Å². The van der Waals surface area contributed by atoms with E-state index in [0.717, 1.165) is 0 Å². The Morgan fingerprint density at radius 3 is 2.04 bits per heavy atom. The molecule has 6 heteroatoms. The molecule has 1 aromatic carbocycles. The zero-order valence-electron chi connectivity index (χ0n) is 16.0. The number of hydrogen-bond donors (Lipinski definition) is 0. The summed E-state index contributed by atoms with van der Waals surface area (Å²) >= 11 is 0. The van der Waals surface area contributed by atoms with Crippen LogP contribution in [0.1, 0.15) is 36.7 Å². The van der Waals surface area contributed by atoms with Crippen LogP contribution in [0.25, 0.3) is 6.08 Å². The molecule has 0 bridgehead atoms. The van der Waals surface area contributed by atoms with Gasteiger partial charge in [0.15, 0.2) is 8.32 Å². The van der Waals surface area contributed by atoms with E-state index in [2.05, 4.69) is 33.9 Å². The molecular weight excluding hydrogens is 336 g/mol. The Hall–Kier alpha value is -1.92. The number of fused-ring (bicyclic) bond motifs is 1. The summed E-state index contributed by atoms with van der Waals surface area (Å²) in [5.74, 6) is -0.226. The molecule has 0 radical (unpaired) electrons. The predicted octanol–water partition coefficient (Wildman–Crippen LogP) is 3.87. The molecule has 0 amide bonds. The van der Waals surface area contributed by atoms with E-state index >= 15 is 0 Å². The second-order valence-corrected chi connectivity index (χ2v) is 12.4. The summed E-state index contributed by atoms with van der Waals surface area (Å²) in [7, 11) is 0.970. The van der Waals surface area contributed by atoms with Crippen LogP contribution in [0, 0.1) is 0 Å². The lowest BCUT2D eigenvalue weighted by atomic mass is 9.89. The molecule has 0 saturated heterocycles. The SMILES string of the molecule is COc1ccc(OC)c2c1C=C(CO[Si](C)(C)C(C)(C)C)C(=O)C2=O. The summed E-state index contributed by atoms with van der Waals surface area (Å²) in [5, 5.41) is 0.0219. The molecule has 1 aliphatic rings. The van der Waals surface area contributed by atoms with Gasteiger partial charge in [0.1, 0.15) is 11.5 Å². The molecule has 0 aliphatic heterocycles. The van der Waals surface area contributed by atoms with Gasteiger partial charge in [-0.1, -0.05) is 20.8 Å². The van der Waals surface area contributed by atoms with Crippen molar-refractivity contribution in [1.29, 1.82) is 0 Å². The van der Waals surface area contributed by atoms with Gasteiger partial charge in [-0.05, 0) is 36.3 Å². The first-order valence-corrected chi connectivity index (χ1v) is 11.1. The predicted molar refractivity (Wildman–Crippen MR) is 100 cm³/mol.